The number of nitrogens with zero attached hydrogens (tertiary/aromatic N) is 2. The lowest BCUT2D eigenvalue weighted by atomic mass is 9.89. The summed E-state index contributed by atoms with van der Waals surface area (Å²) in [5.41, 5.74) is 3.21. The van der Waals surface area contributed by atoms with E-state index in [1.807, 2.05) is 32.8 Å². The molecule has 0 saturated heterocycles. The van der Waals surface area contributed by atoms with Crippen LogP contribution in [0.5, 0.6) is 0 Å². The van der Waals surface area contributed by atoms with Crippen LogP contribution in [0.2, 0.25) is 0 Å². The molecule has 1 heterocycles. The zero-order chi connectivity index (χ0) is 12.3. The van der Waals surface area contributed by atoms with Gasteiger partial charge in [-0.25, -0.2) is 4.39 Å². The Morgan fingerprint density at radius 1 is 1.44 bits per heavy atom. The lowest BCUT2D eigenvalue weighted by Crippen LogP contribution is -2.51. The molecule has 90 valence electrons. The maximum absolute atomic E-state index is 13.1. The summed E-state index contributed by atoms with van der Waals surface area (Å²) in [6.45, 7) is 4.06. The highest BCUT2D eigenvalue weighted by Crippen LogP contribution is 2.28. The zero-order valence-electron chi connectivity index (χ0n) is 10.2. The van der Waals surface area contributed by atoms with Crippen LogP contribution >= 0.6 is 0 Å². The fraction of sp³-hybridized carbons (Fsp3) is 0.545. The SMILES string of the molecule is CN(C)C(C)(C)C(NN)c1cncc(F)c1. The first kappa shape index (κ1) is 13.0. The highest BCUT2D eigenvalue weighted by molar-refractivity contribution is 5.19. The van der Waals surface area contributed by atoms with Crippen molar-refractivity contribution in [2.24, 2.45) is 5.84 Å². The van der Waals surface area contributed by atoms with Crippen LogP contribution in [0.1, 0.15) is 25.5 Å². The standard InChI is InChI=1S/C11H19FN4/c1-11(2,16(3)4)10(15-13)8-5-9(12)7-14-6-8/h5-7,10,15H,13H2,1-4H3. The number of hydrogen-bond acceptors (Lipinski definition) is 4. The van der Waals surface area contributed by atoms with E-state index >= 15 is 0 Å². The fourth-order valence-corrected chi connectivity index (χ4v) is 1.55. The second kappa shape index (κ2) is 4.86. The van der Waals surface area contributed by atoms with Crippen molar-refractivity contribution < 1.29 is 4.39 Å². The van der Waals surface area contributed by atoms with Crippen molar-refractivity contribution in [2.45, 2.75) is 25.4 Å². The summed E-state index contributed by atoms with van der Waals surface area (Å²) in [5.74, 6) is 5.20. The molecule has 0 radical (unpaired) electrons. The van der Waals surface area contributed by atoms with Gasteiger partial charge >= 0.3 is 0 Å². The molecule has 1 rings (SSSR count). The first-order chi connectivity index (χ1) is 7.39. The molecule has 3 N–H and O–H groups in total. The molecule has 0 aliphatic rings. The second-order valence-electron chi connectivity index (χ2n) is 4.58. The first-order valence-corrected chi connectivity index (χ1v) is 5.13. The molecule has 1 aromatic heterocycles. The summed E-state index contributed by atoms with van der Waals surface area (Å²) in [4.78, 5) is 5.87. The molecule has 5 heteroatoms. The number of aromatic nitrogens is 1. The zero-order valence-corrected chi connectivity index (χ0v) is 10.2. The van der Waals surface area contributed by atoms with E-state index in [9.17, 15) is 4.39 Å². The topological polar surface area (TPSA) is 54.2 Å². The number of pyridine rings is 1. The van der Waals surface area contributed by atoms with E-state index in [2.05, 4.69) is 10.4 Å². The minimum atomic E-state index is -0.354. The number of nitrogens with one attached hydrogen (secondary N) is 1. The van der Waals surface area contributed by atoms with Crippen molar-refractivity contribution in [3.8, 4) is 0 Å². The van der Waals surface area contributed by atoms with Crippen molar-refractivity contribution >= 4 is 0 Å². The van der Waals surface area contributed by atoms with Crippen LogP contribution in [0.4, 0.5) is 4.39 Å². The molecule has 0 aliphatic heterocycles. The Bertz CT molecular complexity index is 352. The summed E-state index contributed by atoms with van der Waals surface area (Å²) in [5, 5.41) is 0. The molecule has 0 spiro atoms. The predicted octanol–water partition coefficient (Wildman–Crippen LogP) is 1.07. The number of likely N-dealkylation sites (N-methyl/N-ethyl adjacent to an activating group) is 1. The molecule has 1 unspecified atom stereocenters. The highest BCUT2D eigenvalue weighted by atomic mass is 19.1. The quantitative estimate of drug-likeness (QED) is 0.595. The molecule has 4 nitrogen and oxygen atoms in total. The van der Waals surface area contributed by atoms with Crippen LogP contribution in [-0.4, -0.2) is 29.5 Å². The van der Waals surface area contributed by atoms with Gasteiger partial charge in [-0.3, -0.25) is 16.3 Å². The van der Waals surface area contributed by atoms with Crippen LogP contribution in [0.25, 0.3) is 0 Å². The van der Waals surface area contributed by atoms with Crippen LogP contribution in [0.15, 0.2) is 18.5 Å². The van der Waals surface area contributed by atoms with E-state index in [0.29, 0.717) is 0 Å². The molecule has 0 amide bonds. The summed E-state index contributed by atoms with van der Waals surface area (Å²) < 4.78 is 13.1. The third-order valence-electron chi connectivity index (χ3n) is 3.09. The lowest BCUT2D eigenvalue weighted by molar-refractivity contribution is 0.138. The van der Waals surface area contributed by atoms with E-state index in [0.717, 1.165) is 5.56 Å². The van der Waals surface area contributed by atoms with Crippen molar-refractivity contribution in [3.63, 3.8) is 0 Å². The highest BCUT2D eigenvalue weighted by Gasteiger charge is 2.32. The molecule has 0 bridgehead atoms. The molecule has 1 aromatic rings. The second-order valence-corrected chi connectivity index (χ2v) is 4.58. The van der Waals surface area contributed by atoms with Crippen molar-refractivity contribution in [1.82, 2.24) is 15.3 Å². The molecule has 0 saturated carbocycles. The minimum Gasteiger partial charge on any atom is -0.302 e. The number of nitrogens with two attached hydrogens (primary N) is 1. The van der Waals surface area contributed by atoms with E-state index in [1.165, 1.54) is 12.3 Å². The van der Waals surface area contributed by atoms with Gasteiger partial charge < -0.3 is 4.90 Å². The minimum absolute atomic E-state index is 0.189. The largest absolute Gasteiger partial charge is 0.302 e. The van der Waals surface area contributed by atoms with E-state index in [4.69, 9.17) is 5.84 Å². The fourth-order valence-electron chi connectivity index (χ4n) is 1.55. The summed E-state index contributed by atoms with van der Waals surface area (Å²) in [7, 11) is 3.91. The number of rotatable bonds is 4. The van der Waals surface area contributed by atoms with Gasteiger partial charge in [0, 0.05) is 11.7 Å². The molecule has 1 atom stereocenters. The smallest absolute Gasteiger partial charge is 0.141 e. The van der Waals surface area contributed by atoms with E-state index in [-0.39, 0.29) is 17.4 Å². The third kappa shape index (κ3) is 2.55. The molecule has 16 heavy (non-hydrogen) atoms. The first-order valence-electron chi connectivity index (χ1n) is 5.13. The molecule has 0 fully saturated rings. The number of hydrazine groups is 1. The molecule has 0 aliphatic carbocycles. The van der Waals surface area contributed by atoms with Gasteiger partial charge in [-0.2, -0.15) is 0 Å². The van der Waals surface area contributed by atoms with Crippen molar-refractivity contribution in [1.29, 1.82) is 0 Å². The number of hydrogen-bond donors (Lipinski definition) is 2. The van der Waals surface area contributed by atoms with E-state index < -0.39 is 0 Å². The Morgan fingerprint density at radius 2 is 2.06 bits per heavy atom. The summed E-state index contributed by atoms with van der Waals surface area (Å²) in [6, 6.07) is 1.26. The predicted molar refractivity (Wildman–Crippen MR) is 62.0 cm³/mol. The maximum atomic E-state index is 13.1. The molecular weight excluding hydrogens is 207 g/mol. The average molecular weight is 226 g/mol. The maximum Gasteiger partial charge on any atom is 0.141 e. The van der Waals surface area contributed by atoms with Crippen LogP contribution < -0.4 is 11.3 Å². The molecule has 0 aromatic carbocycles. The van der Waals surface area contributed by atoms with Crippen molar-refractivity contribution in [2.75, 3.05) is 14.1 Å². The van der Waals surface area contributed by atoms with Gasteiger partial charge in [0.05, 0.1) is 12.2 Å². The van der Waals surface area contributed by atoms with Gasteiger partial charge in [-0.05, 0) is 39.6 Å². The van der Waals surface area contributed by atoms with Gasteiger partial charge in [0.2, 0.25) is 0 Å². The normalized spacial score (nSPS) is 14.2. The van der Waals surface area contributed by atoms with Crippen LogP contribution in [0, 0.1) is 5.82 Å². The molecular formula is C11H19FN4. The number of halogens is 1. The van der Waals surface area contributed by atoms with Crippen LogP contribution in [-0.2, 0) is 0 Å². The average Bonchev–Trinajstić information content (AvgIpc) is 2.18. The Hall–Kier alpha value is -1.04. The Kier molecular flexibility index (Phi) is 3.96. The van der Waals surface area contributed by atoms with Gasteiger partial charge in [-0.15, -0.1) is 0 Å². The van der Waals surface area contributed by atoms with Crippen LogP contribution in [0.3, 0.4) is 0 Å². The summed E-state index contributed by atoms with van der Waals surface area (Å²) in [6.07, 6.45) is 2.80. The van der Waals surface area contributed by atoms with Crippen molar-refractivity contribution in [3.05, 3.63) is 29.8 Å². The van der Waals surface area contributed by atoms with Gasteiger partial charge in [0.1, 0.15) is 5.82 Å². The van der Waals surface area contributed by atoms with Gasteiger partial charge in [0.15, 0.2) is 0 Å². The van der Waals surface area contributed by atoms with Gasteiger partial charge in [-0.1, -0.05) is 0 Å². The summed E-state index contributed by atoms with van der Waals surface area (Å²) >= 11 is 0. The Labute approximate surface area is 95.6 Å². The Morgan fingerprint density at radius 3 is 2.50 bits per heavy atom. The van der Waals surface area contributed by atoms with Gasteiger partial charge in [0.25, 0.3) is 0 Å². The third-order valence-corrected chi connectivity index (χ3v) is 3.09. The Balaban J connectivity index is 3.08. The lowest BCUT2D eigenvalue weighted by Gasteiger charge is -2.39. The monoisotopic (exact) mass is 226 g/mol. The van der Waals surface area contributed by atoms with E-state index in [1.54, 1.807) is 6.20 Å².